The number of carbonyl (C=O) groups excluding carboxylic acids is 1. The van der Waals surface area contributed by atoms with Crippen molar-refractivity contribution in [2.24, 2.45) is 5.92 Å². The predicted octanol–water partition coefficient (Wildman–Crippen LogP) is 4.22. The fraction of sp³-hybridized carbons (Fsp3) is 0.368. The standard InChI is InChI=1S/C19H25N3O/c1-13(2)7-9-21-19(23)18-12-17(8-10-20-18)22-16-6-5-14(3)15(4)11-16/h5-6,8,10-13H,7,9H2,1-4H3,(H,20,22)(H,21,23). The second-order valence-corrected chi connectivity index (χ2v) is 6.29. The SMILES string of the molecule is Cc1ccc(Nc2ccnc(C(=O)NCCC(C)C)c2)cc1C. The number of hydrogen-bond donors (Lipinski definition) is 2. The van der Waals surface area contributed by atoms with Crippen molar-refractivity contribution in [3.63, 3.8) is 0 Å². The molecule has 122 valence electrons. The molecule has 4 heteroatoms. The summed E-state index contributed by atoms with van der Waals surface area (Å²) in [7, 11) is 0. The summed E-state index contributed by atoms with van der Waals surface area (Å²) in [6.45, 7) is 9.12. The van der Waals surface area contributed by atoms with Crippen molar-refractivity contribution in [1.82, 2.24) is 10.3 Å². The van der Waals surface area contributed by atoms with Gasteiger partial charge in [-0.25, -0.2) is 0 Å². The van der Waals surface area contributed by atoms with Crippen LogP contribution in [0, 0.1) is 19.8 Å². The average Bonchev–Trinajstić information content (AvgIpc) is 2.51. The fourth-order valence-corrected chi connectivity index (χ4v) is 2.18. The number of amides is 1. The van der Waals surface area contributed by atoms with Gasteiger partial charge in [-0.2, -0.15) is 0 Å². The lowest BCUT2D eigenvalue weighted by atomic mass is 10.1. The van der Waals surface area contributed by atoms with Crippen LogP contribution < -0.4 is 10.6 Å². The molecule has 0 unspecified atom stereocenters. The highest BCUT2D eigenvalue weighted by atomic mass is 16.1. The number of benzene rings is 1. The van der Waals surface area contributed by atoms with Crippen molar-refractivity contribution in [3.8, 4) is 0 Å². The first-order chi connectivity index (χ1) is 11.0. The van der Waals surface area contributed by atoms with Crippen molar-refractivity contribution in [1.29, 1.82) is 0 Å². The molecule has 0 bridgehead atoms. The van der Waals surface area contributed by atoms with E-state index >= 15 is 0 Å². The van der Waals surface area contributed by atoms with Gasteiger partial charge in [-0.05, 0) is 61.6 Å². The molecule has 0 spiro atoms. The second kappa shape index (κ2) is 7.77. The van der Waals surface area contributed by atoms with Crippen LogP contribution in [0.5, 0.6) is 0 Å². The highest BCUT2D eigenvalue weighted by molar-refractivity contribution is 5.93. The number of anilines is 2. The Hall–Kier alpha value is -2.36. The summed E-state index contributed by atoms with van der Waals surface area (Å²) in [6, 6.07) is 9.85. The zero-order valence-corrected chi connectivity index (χ0v) is 14.3. The minimum atomic E-state index is -0.130. The van der Waals surface area contributed by atoms with Gasteiger partial charge in [0.15, 0.2) is 0 Å². The van der Waals surface area contributed by atoms with E-state index in [9.17, 15) is 4.79 Å². The Labute approximate surface area is 138 Å². The number of nitrogens with one attached hydrogen (secondary N) is 2. The third-order valence-corrected chi connectivity index (χ3v) is 3.80. The van der Waals surface area contributed by atoms with Gasteiger partial charge in [-0.15, -0.1) is 0 Å². The predicted molar refractivity (Wildman–Crippen MR) is 95.2 cm³/mol. The topological polar surface area (TPSA) is 54.0 Å². The molecular weight excluding hydrogens is 286 g/mol. The number of hydrogen-bond acceptors (Lipinski definition) is 3. The molecule has 4 nitrogen and oxygen atoms in total. The van der Waals surface area contributed by atoms with Gasteiger partial charge < -0.3 is 10.6 Å². The first-order valence-corrected chi connectivity index (χ1v) is 8.04. The number of aromatic nitrogens is 1. The largest absolute Gasteiger partial charge is 0.355 e. The van der Waals surface area contributed by atoms with Crippen LogP contribution in [0.4, 0.5) is 11.4 Å². The smallest absolute Gasteiger partial charge is 0.269 e. The van der Waals surface area contributed by atoms with E-state index in [1.165, 1.54) is 11.1 Å². The molecule has 0 aliphatic carbocycles. The van der Waals surface area contributed by atoms with E-state index in [1.54, 1.807) is 12.3 Å². The number of carbonyl (C=O) groups is 1. The zero-order valence-electron chi connectivity index (χ0n) is 14.3. The Morgan fingerprint density at radius 3 is 2.52 bits per heavy atom. The van der Waals surface area contributed by atoms with E-state index in [-0.39, 0.29) is 5.91 Å². The minimum absolute atomic E-state index is 0.130. The molecule has 0 atom stereocenters. The lowest BCUT2D eigenvalue weighted by molar-refractivity contribution is 0.0947. The maximum absolute atomic E-state index is 12.1. The summed E-state index contributed by atoms with van der Waals surface area (Å²) in [5, 5.41) is 6.23. The van der Waals surface area contributed by atoms with Crippen molar-refractivity contribution in [3.05, 3.63) is 53.3 Å². The molecule has 2 aromatic rings. The Morgan fingerprint density at radius 1 is 1.09 bits per heavy atom. The van der Waals surface area contributed by atoms with Crippen LogP contribution in [0.2, 0.25) is 0 Å². The van der Waals surface area contributed by atoms with Crippen LogP contribution in [0.25, 0.3) is 0 Å². The highest BCUT2D eigenvalue weighted by Crippen LogP contribution is 2.19. The number of nitrogens with zero attached hydrogens (tertiary/aromatic N) is 1. The van der Waals surface area contributed by atoms with Crippen molar-refractivity contribution in [2.45, 2.75) is 34.1 Å². The maximum Gasteiger partial charge on any atom is 0.269 e. The van der Waals surface area contributed by atoms with Gasteiger partial charge in [0.2, 0.25) is 0 Å². The summed E-state index contributed by atoms with van der Waals surface area (Å²) in [5.41, 5.74) is 4.79. The lowest BCUT2D eigenvalue weighted by Crippen LogP contribution is -2.26. The first-order valence-electron chi connectivity index (χ1n) is 8.04. The Morgan fingerprint density at radius 2 is 1.83 bits per heavy atom. The van der Waals surface area contributed by atoms with Gasteiger partial charge in [-0.3, -0.25) is 9.78 Å². The van der Waals surface area contributed by atoms with Crippen LogP contribution in [0.15, 0.2) is 36.5 Å². The minimum Gasteiger partial charge on any atom is -0.355 e. The first kappa shape index (κ1) is 17.0. The second-order valence-electron chi connectivity index (χ2n) is 6.29. The van der Waals surface area contributed by atoms with Crippen LogP contribution in [-0.4, -0.2) is 17.4 Å². The van der Waals surface area contributed by atoms with E-state index in [0.29, 0.717) is 18.2 Å². The summed E-state index contributed by atoms with van der Waals surface area (Å²) in [4.78, 5) is 16.3. The number of rotatable bonds is 6. The number of pyridine rings is 1. The molecule has 0 radical (unpaired) electrons. The molecule has 1 amide bonds. The number of aryl methyl sites for hydroxylation is 2. The van der Waals surface area contributed by atoms with Gasteiger partial charge in [-0.1, -0.05) is 19.9 Å². The molecular formula is C19H25N3O. The quantitative estimate of drug-likeness (QED) is 0.840. The van der Waals surface area contributed by atoms with E-state index in [4.69, 9.17) is 0 Å². The normalized spacial score (nSPS) is 10.7. The highest BCUT2D eigenvalue weighted by Gasteiger charge is 2.08. The monoisotopic (exact) mass is 311 g/mol. The van der Waals surface area contributed by atoms with E-state index in [1.807, 2.05) is 12.1 Å². The summed E-state index contributed by atoms with van der Waals surface area (Å²) in [6.07, 6.45) is 2.62. The fourth-order valence-electron chi connectivity index (χ4n) is 2.18. The zero-order chi connectivity index (χ0) is 16.8. The molecule has 23 heavy (non-hydrogen) atoms. The van der Waals surface area contributed by atoms with Gasteiger partial charge >= 0.3 is 0 Å². The molecule has 0 saturated carbocycles. The van der Waals surface area contributed by atoms with Gasteiger partial charge in [0.05, 0.1) is 0 Å². The molecule has 2 rings (SSSR count). The van der Waals surface area contributed by atoms with Crippen LogP contribution in [0.3, 0.4) is 0 Å². The summed E-state index contributed by atoms with van der Waals surface area (Å²) < 4.78 is 0. The van der Waals surface area contributed by atoms with Crippen LogP contribution >= 0.6 is 0 Å². The molecule has 1 aromatic heterocycles. The lowest BCUT2D eigenvalue weighted by Gasteiger charge is -2.10. The maximum atomic E-state index is 12.1. The molecule has 1 heterocycles. The van der Waals surface area contributed by atoms with Crippen molar-refractivity contribution in [2.75, 3.05) is 11.9 Å². The molecule has 0 fully saturated rings. The molecule has 0 aliphatic heterocycles. The molecule has 1 aromatic carbocycles. The Bertz CT molecular complexity index is 680. The van der Waals surface area contributed by atoms with Gasteiger partial charge in [0.1, 0.15) is 5.69 Å². The van der Waals surface area contributed by atoms with Crippen LogP contribution in [0.1, 0.15) is 41.9 Å². The average molecular weight is 311 g/mol. The Kier molecular flexibility index (Phi) is 5.74. The summed E-state index contributed by atoms with van der Waals surface area (Å²) >= 11 is 0. The van der Waals surface area contributed by atoms with Crippen molar-refractivity contribution >= 4 is 17.3 Å². The van der Waals surface area contributed by atoms with Crippen LogP contribution in [-0.2, 0) is 0 Å². The molecule has 0 aliphatic rings. The van der Waals surface area contributed by atoms with Gasteiger partial charge in [0.25, 0.3) is 5.91 Å². The van der Waals surface area contributed by atoms with E-state index in [0.717, 1.165) is 17.8 Å². The van der Waals surface area contributed by atoms with Gasteiger partial charge in [0, 0.05) is 24.1 Å². The van der Waals surface area contributed by atoms with Crippen molar-refractivity contribution < 1.29 is 4.79 Å². The third kappa shape index (κ3) is 5.09. The molecule has 0 saturated heterocycles. The Balaban J connectivity index is 2.04. The summed E-state index contributed by atoms with van der Waals surface area (Å²) in [5.74, 6) is 0.440. The van der Waals surface area contributed by atoms with E-state index in [2.05, 4.69) is 55.4 Å². The molecule has 2 N–H and O–H groups in total. The third-order valence-electron chi connectivity index (χ3n) is 3.80. The van der Waals surface area contributed by atoms with E-state index < -0.39 is 0 Å².